The monoisotopic (exact) mass is 462 g/mol. The highest BCUT2D eigenvalue weighted by molar-refractivity contribution is 7.89. The molecule has 0 amide bonds. The molecule has 0 atom stereocenters. The predicted octanol–water partition coefficient (Wildman–Crippen LogP) is 2.23. The normalized spacial score (nSPS) is 19.3. The Hall–Kier alpha value is -1.71. The van der Waals surface area contributed by atoms with Gasteiger partial charge in [-0.05, 0) is 54.4 Å². The van der Waals surface area contributed by atoms with Gasteiger partial charge in [0.05, 0.1) is 24.7 Å². The number of aliphatic hydroxyl groups is 2. The molecule has 0 bridgehead atoms. The van der Waals surface area contributed by atoms with Crippen molar-refractivity contribution in [2.24, 2.45) is 5.41 Å². The molecule has 1 fully saturated rings. The summed E-state index contributed by atoms with van der Waals surface area (Å²) in [4.78, 5) is 0.348. The van der Waals surface area contributed by atoms with E-state index in [2.05, 4.69) is 13.8 Å². The van der Waals surface area contributed by atoms with Gasteiger partial charge >= 0.3 is 0 Å². The number of sulfonamides is 1. The Morgan fingerprint density at radius 1 is 1.16 bits per heavy atom. The SMILES string of the molecule is Cc1c(Cc2ccccc2S(=O)(=O)N2CCOCC2)c2c(n1CC(O)O)CC(C)(C)CC2. The first-order valence-electron chi connectivity index (χ1n) is 11.3. The second-order valence-electron chi connectivity index (χ2n) is 9.72. The van der Waals surface area contributed by atoms with Crippen LogP contribution < -0.4 is 0 Å². The van der Waals surface area contributed by atoms with Gasteiger partial charge in [0.1, 0.15) is 0 Å². The van der Waals surface area contributed by atoms with Crippen molar-refractivity contribution in [1.29, 1.82) is 0 Å². The van der Waals surface area contributed by atoms with E-state index in [-0.39, 0.29) is 12.0 Å². The summed E-state index contributed by atoms with van der Waals surface area (Å²) in [6.07, 6.45) is 1.89. The molecule has 32 heavy (non-hydrogen) atoms. The molecule has 1 aromatic carbocycles. The fourth-order valence-corrected chi connectivity index (χ4v) is 6.72. The quantitative estimate of drug-likeness (QED) is 0.643. The van der Waals surface area contributed by atoms with Gasteiger partial charge in [-0.2, -0.15) is 4.31 Å². The Morgan fingerprint density at radius 2 is 1.84 bits per heavy atom. The number of nitrogens with zero attached hydrogens (tertiary/aromatic N) is 2. The fourth-order valence-electron chi connectivity index (χ4n) is 5.09. The van der Waals surface area contributed by atoms with Crippen LogP contribution in [0.2, 0.25) is 0 Å². The second kappa shape index (κ2) is 8.91. The minimum absolute atomic E-state index is 0.123. The van der Waals surface area contributed by atoms with Crippen LogP contribution in [-0.2, 0) is 40.6 Å². The van der Waals surface area contributed by atoms with Gasteiger partial charge in [0.25, 0.3) is 0 Å². The lowest BCUT2D eigenvalue weighted by Gasteiger charge is -2.31. The first-order chi connectivity index (χ1) is 15.1. The van der Waals surface area contributed by atoms with Crippen molar-refractivity contribution in [3.05, 3.63) is 52.3 Å². The van der Waals surface area contributed by atoms with E-state index in [1.165, 1.54) is 9.87 Å². The number of rotatable bonds is 6. The molecular formula is C24H34N2O5S. The van der Waals surface area contributed by atoms with Gasteiger partial charge in [-0.3, -0.25) is 0 Å². The number of ether oxygens (including phenoxy) is 1. The van der Waals surface area contributed by atoms with Crippen LogP contribution in [0.4, 0.5) is 0 Å². The summed E-state index contributed by atoms with van der Waals surface area (Å²) in [5.41, 5.74) is 5.40. The summed E-state index contributed by atoms with van der Waals surface area (Å²) in [7, 11) is -3.61. The van der Waals surface area contributed by atoms with Crippen LogP contribution in [0.15, 0.2) is 29.2 Å². The maximum Gasteiger partial charge on any atom is 0.243 e. The van der Waals surface area contributed by atoms with Gasteiger partial charge in [0.15, 0.2) is 6.29 Å². The van der Waals surface area contributed by atoms with E-state index >= 15 is 0 Å². The highest BCUT2D eigenvalue weighted by Gasteiger charge is 2.33. The third-order valence-electron chi connectivity index (χ3n) is 6.85. The molecule has 1 aromatic heterocycles. The molecule has 2 aliphatic rings. The predicted molar refractivity (Wildman–Crippen MR) is 122 cm³/mol. The largest absolute Gasteiger partial charge is 0.379 e. The average molecular weight is 463 g/mol. The first kappa shape index (κ1) is 23.4. The van der Waals surface area contributed by atoms with Gasteiger partial charge in [-0.25, -0.2) is 8.42 Å². The van der Waals surface area contributed by atoms with Crippen LogP contribution in [0.25, 0.3) is 0 Å². The maximum atomic E-state index is 13.4. The lowest BCUT2D eigenvalue weighted by Crippen LogP contribution is -2.40. The molecule has 4 rings (SSSR count). The van der Waals surface area contributed by atoms with E-state index in [4.69, 9.17) is 4.74 Å². The molecular weight excluding hydrogens is 428 g/mol. The number of hydrogen-bond acceptors (Lipinski definition) is 5. The second-order valence-corrected chi connectivity index (χ2v) is 11.6. The zero-order chi connectivity index (χ0) is 23.1. The van der Waals surface area contributed by atoms with Crippen LogP contribution in [0.3, 0.4) is 0 Å². The smallest absolute Gasteiger partial charge is 0.243 e. The summed E-state index contributed by atoms with van der Waals surface area (Å²) in [6.45, 7) is 8.16. The highest BCUT2D eigenvalue weighted by atomic mass is 32.2. The van der Waals surface area contributed by atoms with Crippen molar-refractivity contribution >= 4 is 10.0 Å². The molecule has 2 N–H and O–H groups in total. The number of fused-ring (bicyclic) bond motifs is 1. The molecule has 0 radical (unpaired) electrons. The molecule has 0 spiro atoms. The van der Waals surface area contributed by atoms with E-state index in [0.29, 0.717) is 37.6 Å². The minimum Gasteiger partial charge on any atom is -0.379 e. The summed E-state index contributed by atoms with van der Waals surface area (Å²) in [5.74, 6) is 0. The van der Waals surface area contributed by atoms with Crippen LogP contribution in [0.5, 0.6) is 0 Å². The third-order valence-corrected chi connectivity index (χ3v) is 8.85. The molecule has 176 valence electrons. The lowest BCUT2D eigenvalue weighted by molar-refractivity contribution is -0.0522. The molecule has 0 unspecified atom stereocenters. The van der Waals surface area contributed by atoms with Crippen LogP contribution in [-0.4, -0.2) is 60.1 Å². The number of hydrogen-bond donors (Lipinski definition) is 2. The number of morpholine rings is 1. The van der Waals surface area contributed by atoms with Gasteiger partial charge in [-0.1, -0.05) is 32.0 Å². The molecule has 0 saturated carbocycles. The number of benzene rings is 1. The summed E-state index contributed by atoms with van der Waals surface area (Å²) < 4.78 is 35.7. The van der Waals surface area contributed by atoms with Gasteiger partial charge in [0, 0.05) is 30.9 Å². The van der Waals surface area contributed by atoms with Crippen LogP contribution in [0, 0.1) is 12.3 Å². The number of aromatic nitrogens is 1. The Kier molecular flexibility index (Phi) is 6.53. The standard InChI is InChI=1S/C24H34N2O5S/c1-17-20(19-8-9-24(2,3)15-21(19)26(17)16-23(27)28)14-18-6-4-5-7-22(18)32(29,30)25-10-12-31-13-11-25/h4-7,23,27-28H,8-16H2,1-3H3. The molecule has 1 aliphatic carbocycles. The van der Waals surface area contributed by atoms with E-state index in [1.807, 2.05) is 23.6 Å². The fraction of sp³-hybridized carbons (Fsp3) is 0.583. The van der Waals surface area contributed by atoms with Crippen molar-refractivity contribution in [3.63, 3.8) is 0 Å². The van der Waals surface area contributed by atoms with E-state index in [9.17, 15) is 18.6 Å². The zero-order valence-corrected chi connectivity index (χ0v) is 20.0. The Balaban J connectivity index is 1.75. The van der Waals surface area contributed by atoms with Crippen molar-refractivity contribution < 1.29 is 23.4 Å². The highest BCUT2D eigenvalue weighted by Crippen LogP contribution is 2.40. The van der Waals surface area contributed by atoms with Crippen molar-refractivity contribution in [1.82, 2.24) is 8.87 Å². The molecule has 8 heteroatoms. The molecule has 2 heterocycles. The minimum atomic E-state index is -3.61. The summed E-state index contributed by atoms with van der Waals surface area (Å²) in [6, 6.07) is 7.24. The third kappa shape index (κ3) is 4.52. The topological polar surface area (TPSA) is 92.0 Å². The van der Waals surface area contributed by atoms with Gasteiger partial charge < -0.3 is 19.5 Å². The average Bonchev–Trinajstić information content (AvgIpc) is 2.98. The molecule has 7 nitrogen and oxygen atoms in total. The Bertz CT molecular complexity index is 1080. The van der Waals surface area contributed by atoms with Gasteiger partial charge in [0.2, 0.25) is 10.0 Å². The van der Waals surface area contributed by atoms with E-state index in [1.54, 1.807) is 12.1 Å². The summed E-state index contributed by atoms with van der Waals surface area (Å²) >= 11 is 0. The van der Waals surface area contributed by atoms with Crippen molar-refractivity contribution in [2.45, 2.75) is 64.2 Å². The molecule has 1 aliphatic heterocycles. The first-order valence-corrected chi connectivity index (χ1v) is 12.8. The van der Waals surface area contributed by atoms with Crippen LogP contribution in [0.1, 0.15) is 48.3 Å². The molecule has 1 saturated heterocycles. The van der Waals surface area contributed by atoms with Crippen LogP contribution >= 0.6 is 0 Å². The zero-order valence-electron chi connectivity index (χ0n) is 19.2. The Labute approximate surface area is 190 Å². The van der Waals surface area contributed by atoms with E-state index in [0.717, 1.165) is 41.8 Å². The van der Waals surface area contributed by atoms with Gasteiger partial charge in [-0.15, -0.1) is 0 Å². The van der Waals surface area contributed by atoms with Crippen molar-refractivity contribution in [3.8, 4) is 0 Å². The number of aliphatic hydroxyl groups excluding tert-OH is 1. The maximum absolute atomic E-state index is 13.4. The Morgan fingerprint density at radius 3 is 2.53 bits per heavy atom. The summed E-state index contributed by atoms with van der Waals surface area (Å²) in [5, 5.41) is 19.4. The van der Waals surface area contributed by atoms with Crippen molar-refractivity contribution in [2.75, 3.05) is 26.3 Å². The van der Waals surface area contributed by atoms with E-state index < -0.39 is 16.3 Å². The molecule has 2 aromatic rings. The lowest BCUT2D eigenvalue weighted by atomic mass is 9.76.